The summed E-state index contributed by atoms with van der Waals surface area (Å²) >= 11 is 6.96. The number of likely N-dealkylation sites (N-methyl/N-ethyl adjacent to an activating group) is 1. The quantitative estimate of drug-likeness (QED) is 0.867. The van der Waals surface area contributed by atoms with E-state index in [9.17, 15) is 0 Å². The van der Waals surface area contributed by atoms with E-state index >= 15 is 0 Å². The molecule has 0 radical (unpaired) electrons. The fraction of sp³-hybridized carbons (Fsp3) is 0.545. The Morgan fingerprint density at radius 2 is 2.29 bits per heavy atom. The van der Waals surface area contributed by atoms with E-state index < -0.39 is 0 Å². The second kappa shape index (κ2) is 7.04. The minimum absolute atomic E-state index is 0. The van der Waals surface area contributed by atoms with Crippen molar-refractivity contribution in [2.45, 2.75) is 19.0 Å². The van der Waals surface area contributed by atoms with E-state index in [1.807, 2.05) is 12.3 Å². The smallest absolute Gasteiger partial charge is 0.0686 e. The molecule has 0 aromatic carbocycles. The summed E-state index contributed by atoms with van der Waals surface area (Å²) in [7, 11) is 2.16. The van der Waals surface area contributed by atoms with Crippen molar-refractivity contribution in [1.82, 2.24) is 15.2 Å². The number of nitrogens with zero attached hydrogens (tertiary/aromatic N) is 2. The third-order valence-corrected chi connectivity index (χ3v) is 4.06. The highest BCUT2D eigenvalue weighted by molar-refractivity contribution is 9.11. The van der Waals surface area contributed by atoms with Gasteiger partial charge >= 0.3 is 0 Å². The van der Waals surface area contributed by atoms with Gasteiger partial charge < -0.3 is 5.32 Å². The van der Waals surface area contributed by atoms with Crippen LogP contribution in [-0.4, -0.2) is 36.1 Å². The predicted octanol–water partition coefficient (Wildman–Crippen LogP) is 2.82. The lowest BCUT2D eigenvalue weighted by molar-refractivity contribution is 0.245. The first-order chi connectivity index (χ1) is 7.66. The Hall–Kier alpha value is 0.320. The van der Waals surface area contributed by atoms with Gasteiger partial charge in [-0.05, 0) is 57.9 Å². The Kier molecular flexibility index (Phi) is 6.37. The van der Waals surface area contributed by atoms with Gasteiger partial charge in [0.05, 0.1) is 5.69 Å². The van der Waals surface area contributed by atoms with Crippen molar-refractivity contribution >= 4 is 44.3 Å². The number of hydrogen-bond donors (Lipinski definition) is 1. The number of rotatable bonds is 3. The van der Waals surface area contributed by atoms with Gasteiger partial charge in [0.25, 0.3) is 0 Å². The van der Waals surface area contributed by atoms with Crippen molar-refractivity contribution in [2.24, 2.45) is 0 Å². The summed E-state index contributed by atoms with van der Waals surface area (Å²) in [6.07, 6.45) is 3.07. The van der Waals surface area contributed by atoms with Crippen LogP contribution >= 0.6 is 44.3 Å². The van der Waals surface area contributed by atoms with Crippen LogP contribution in [0.5, 0.6) is 0 Å². The van der Waals surface area contributed by atoms with E-state index in [2.05, 4.69) is 54.1 Å². The summed E-state index contributed by atoms with van der Waals surface area (Å²) in [5.41, 5.74) is 1.10. The molecule has 3 nitrogen and oxygen atoms in total. The van der Waals surface area contributed by atoms with Crippen LogP contribution in [0.15, 0.2) is 21.2 Å². The van der Waals surface area contributed by atoms with Crippen molar-refractivity contribution in [1.29, 1.82) is 0 Å². The standard InChI is InChI=1S/C11H15Br2N3.ClH/c1-16(9-2-3-14-6-9)7-11-10(13)4-8(12)5-15-11;/h4-5,9,14H,2-3,6-7H2,1H3;1H. The van der Waals surface area contributed by atoms with Crippen molar-refractivity contribution < 1.29 is 0 Å². The van der Waals surface area contributed by atoms with Crippen molar-refractivity contribution in [2.75, 3.05) is 20.1 Å². The fourth-order valence-corrected chi connectivity index (χ4v) is 3.05. The summed E-state index contributed by atoms with van der Waals surface area (Å²) < 4.78 is 2.08. The number of hydrogen-bond acceptors (Lipinski definition) is 3. The first kappa shape index (κ1) is 15.4. The molecule has 1 atom stereocenters. The molecule has 1 aromatic heterocycles. The maximum absolute atomic E-state index is 4.43. The molecule has 2 heterocycles. The number of nitrogens with one attached hydrogen (secondary N) is 1. The minimum atomic E-state index is 0. The molecule has 2 rings (SSSR count). The van der Waals surface area contributed by atoms with E-state index in [-0.39, 0.29) is 12.4 Å². The molecule has 0 aliphatic carbocycles. The van der Waals surface area contributed by atoms with E-state index in [0.717, 1.165) is 34.3 Å². The molecule has 1 fully saturated rings. The molecule has 6 heteroatoms. The molecule has 0 bridgehead atoms. The molecular weight excluding hydrogens is 369 g/mol. The van der Waals surface area contributed by atoms with Crippen LogP contribution in [0.25, 0.3) is 0 Å². The van der Waals surface area contributed by atoms with Crippen LogP contribution in [0, 0.1) is 0 Å². The van der Waals surface area contributed by atoms with Crippen LogP contribution in [0.1, 0.15) is 12.1 Å². The van der Waals surface area contributed by atoms with Gasteiger partial charge in [0.1, 0.15) is 0 Å². The Balaban J connectivity index is 0.00000144. The molecule has 1 aliphatic rings. The lowest BCUT2D eigenvalue weighted by atomic mass is 10.2. The zero-order valence-corrected chi connectivity index (χ0v) is 13.6. The summed E-state index contributed by atoms with van der Waals surface area (Å²) in [6, 6.07) is 2.68. The monoisotopic (exact) mass is 383 g/mol. The molecular formula is C11H16Br2ClN3. The van der Waals surface area contributed by atoms with Gasteiger partial charge in [0, 0.05) is 34.3 Å². The number of pyridine rings is 1. The first-order valence-corrected chi connectivity index (χ1v) is 6.96. The highest BCUT2D eigenvalue weighted by atomic mass is 79.9. The third-order valence-electron chi connectivity index (χ3n) is 2.94. The third kappa shape index (κ3) is 4.17. The van der Waals surface area contributed by atoms with Gasteiger partial charge in [0.15, 0.2) is 0 Å². The SMILES string of the molecule is CN(Cc1ncc(Br)cc1Br)C1CCNC1.Cl. The molecule has 1 aliphatic heterocycles. The average molecular weight is 386 g/mol. The van der Waals surface area contributed by atoms with Crippen LogP contribution in [-0.2, 0) is 6.54 Å². The second-order valence-corrected chi connectivity index (χ2v) is 5.91. The topological polar surface area (TPSA) is 28.2 Å². The Morgan fingerprint density at radius 1 is 1.53 bits per heavy atom. The lowest BCUT2D eigenvalue weighted by Gasteiger charge is -2.23. The zero-order chi connectivity index (χ0) is 11.5. The highest BCUT2D eigenvalue weighted by Gasteiger charge is 2.20. The molecule has 0 saturated carbocycles. The Morgan fingerprint density at radius 3 is 2.88 bits per heavy atom. The van der Waals surface area contributed by atoms with Crippen LogP contribution in [0.4, 0.5) is 0 Å². The maximum Gasteiger partial charge on any atom is 0.0686 e. The van der Waals surface area contributed by atoms with Crippen molar-refractivity contribution in [3.63, 3.8) is 0 Å². The van der Waals surface area contributed by atoms with Gasteiger partial charge in [-0.15, -0.1) is 12.4 Å². The van der Waals surface area contributed by atoms with Gasteiger partial charge in [-0.3, -0.25) is 9.88 Å². The summed E-state index contributed by atoms with van der Waals surface area (Å²) in [5, 5.41) is 3.38. The van der Waals surface area contributed by atoms with E-state index in [0.29, 0.717) is 6.04 Å². The summed E-state index contributed by atoms with van der Waals surface area (Å²) in [4.78, 5) is 6.80. The van der Waals surface area contributed by atoms with E-state index in [1.54, 1.807) is 0 Å². The van der Waals surface area contributed by atoms with Gasteiger partial charge in [-0.25, -0.2) is 0 Å². The molecule has 17 heavy (non-hydrogen) atoms. The molecule has 0 spiro atoms. The van der Waals surface area contributed by atoms with Gasteiger partial charge in [-0.2, -0.15) is 0 Å². The van der Waals surface area contributed by atoms with Crippen LogP contribution in [0.2, 0.25) is 0 Å². The van der Waals surface area contributed by atoms with Gasteiger partial charge in [-0.1, -0.05) is 0 Å². The zero-order valence-electron chi connectivity index (χ0n) is 9.62. The number of halogens is 3. The van der Waals surface area contributed by atoms with E-state index in [1.165, 1.54) is 6.42 Å². The van der Waals surface area contributed by atoms with E-state index in [4.69, 9.17) is 0 Å². The molecule has 1 aromatic rings. The lowest BCUT2D eigenvalue weighted by Crippen LogP contribution is -2.33. The maximum atomic E-state index is 4.43. The Bertz CT molecular complexity index is 370. The fourth-order valence-electron chi connectivity index (χ4n) is 1.94. The molecule has 1 saturated heterocycles. The summed E-state index contributed by atoms with van der Waals surface area (Å²) in [5.74, 6) is 0. The first-order valence-electron chi connectivity index (χ1n) is 5.37. The molecule has 96 valence electrons. The van der Waals surface area contributed by atoms with Crippen molar-refractivity contribution in [3.8, 4) is 0 Å². The molecule has 1 unspecified atom stereocenters. The second-order valence-electron chi connectivity index (χ2n) is 4.14. The van der Waals surface area contributed by atoms with Crippen LogP contribution in [0.3, 0.4) is 0 Å². The largest absolute Gasteiger partial charge is 0.315 e. The highest BCUT2D eigenvalue weighted by Crippen LogP contribution is 2.21. The van der Waals surface area contributed by atoms with Crippen LogP contribution < -0.4 is 5.32 Å². The molecule has 1 N–H and O–H groups in total. The summed E-state index contributed by atoms with van der Waals surface area (Å²) in [6.45, 7) is 3.11. The normalized spacial score (nSPS) is 19.4. The average Bonchev–Trinajstić information content (AvgIpc) is 2.75. The number of aromatic nitrogens is 1. The Labute approximate surface area is 125 Å². The minimum Gasteiger partial charge on any atom is -0.315 e. The van der Waals surface area contributed by atoms with Crippen molar-refractivity contribution in [3.05, 3.63) is 26.9 Å². The van der Waals surface area contributed by atoms with Gasteiger partial charge in [0.2, 0.25) is 0 Å². The predicted molar refractivity (Wildman–Crippen MR) is 79.6 cm³/mol. The molecule has 0 amide bonds.